The molecule has 160 valence electrons. The third-order valence-corrected chi connectivity index (χ3v) is 7.08. The first-order chi connectivity index (χ1) is 14.8. The largest absolute Gasteiger partial charge is 0.271 e. The number of rotatable bonds is 7. The van der Waals surface area contributed by atoms with Gasteiger partial charge in [-0.25, -0.2) is 13.8 Å². The maximum atomic E-state index is 13.2. The van der Waals surface area contributed by atoms with E-state index in [0.717, 1.165) is 14.3 Å². The van der Waals surface area contributed by atoms with Gasteiger partial charge in [0, 0.05) is 4.47 Å². The zero-order chi connectivity index (χ0) is 22.4. The van der Waals surface area contributed by atoms with Gasteiger partial charge in [-0.15, -0.1) is 0 Å². The van der Waals surface area contributed by atoms with Crippen LogP contribution in [0.3, 0.4) is 0 Å². The zero-order valence-electron chi connectivity index (χ0n) is 15.9. The normalized spacial score (nSPS) is 11.5. The Balaban J connectivity index is 1.86. The molecule has 1 N–H and O–H groups in total. The fraction of sp³-hybridized carbons (Fsp3) is 0.0476. The number of carbonyl (C=O) groups is 1. The van der Waals surface area contributed by atoms with Gasteiger partial charge in [-0.05, 0) is 48.0 Å². The Hall–Kier alpha value is -2.39. The van der Waals surface area contributed by atoms with Gasteiger partial charge in [-0.1, -0.05) is 69.5 Å². The lowest BCUT2D eigenvalue weighted by atomic mass is 10.2. The predicted molar refractivity (Wildman–Crippen MR) is 127 cm³/mol. The fourth-order valence-electron chi connectivity index (χ4n) is 2.61. The van der Waals surface area contributed by atoms with Crippen molar-refractivity contribution in [1.82, 2.24) is 5.43 Å². The van der Waals surface area contributed by atoms with Crippen LogP contribution in [0.4, 0.5) is 5.69 Å². The number of amides is 1. The van der Waals surface area contributed by atoms with Crippen LogP contribution in [0, 0.1) is 0 Å². The minimum atomic E-state index is -4.05. The van der Waals surface area contributed by atoms with Crippen molar-refractivity contribution in [3.8, 4) is 0 Å². The van der Waals surface area contributed by atoms with E-state index in [0.29, 0.717) is 0 Å². The minimum absolute atomic E-state index is 0.0338. The lowest BCUT2D eigenvalue weighted by molar-refractivity contribution is -0.119. The van der Waals surface area contributed by atoms with Crippen LogP contribution in [0.1, 0.15) is 5.56 Å². The Bertz CT molecular complexity index is 1220. The number of hydrogen-bond acceptors (Lipinski definition) is 4. The molecule has 0 aliphatic heterocycles. The molecule has 6 nitrogen and oxygen atoms in total. The van der Waals surface area contributed by atoms with Gasteiger partial charge in [0.2, 0.25) is 0 Å². The Morgan fingerprint density at radius 2 is 1.74 bits per heavy atom. The number of halogens is 3. The number of anilines is 1. The van der Waals surface area contributed by atoms with E-state index in [1.807, 2.05) is 24.3 Å². The number of hydrazone groups is 1. The number of hydrogen-bond donors (Lipinski definition) is 1. The molecule has 0 atom stereocenters. The average molecular weight is 541 g/mol. The molecule has 1 amide bonds. The highest BCUT2D eigenvalue weighted by molar-refractivity contribution is 9.10. The maximum absolute atomic E-state index is 13.2. The lowest BCUT2D eigenvalue weighted by Gasteiger charge is -2.24. The Morgan fingerprint density at radius 1 is 1.00 bits per heavy atom. The van der Waals surface area contributed by atoms with E-state index < -0.39 is 22.5 Å². The predicted octanol–water partition coefficient (Wildman–Crippen LogP) is 5.10. The number of carbonyl (C=O) groups excluding carboxylic acids is 1. The van der Waals surface area contributed by atoms with Crippen LogP contribution in [-0.4, -0.2) is 27.1 Å². The molecule has 31 heavy (non-hydrogen) atoms. The van der Waals surface area contributed by atoms with Crippen LogP contribution >= 0.6 is 39.1 Å². The molecule has 3 aromatic rings. The van der Waals surface area contributed by atoms with E-state index in [1.54, 1.807) is 18.2 Å². The molecule has 0 aliphatic rings. The third kappa shape index (κ3) is 6.07. The zero-order valence-corrected chi connectivity index (χ0v) is 19.8. The van der Waals surface area contributed by atoms with E-state index in [-0.39, 0.29) is 20.6 Å². The summed E-state index contributed by atoms with van der Waals surface area (Å²) in [5, 5.41) is 4.34. The van der Waals surface area contributed by atoms with Gasteiger partial charge in [0.25, 0.3) is 15.9 Å². The minimum Gasteiger partial charge on any atom is -0.271 e. The molecule has 0 aromatic heterocycles. The summed E-state index contributed by atoms with van der Waals surface area (Å²) in [6, 6.07) is 19.4. The van der Waals surface area contributed by atoms with Gasteiger partial charge in [0.05, 0.1) is 26.8 Å². The highest BCUT2D eigenvalue weighted by atomic mass is 79.9. The molecule has 0 saturated carbocycles. The summed E-state index contributed by atoms with van der Waals surface area (Å²) in [5.41, 5.74) is 3.31. The van der Waals surface area contributed by atoms with E-state index in [2.05, 4.69) is 26.5 Å². The first-order valence-corrected chi connectivity index (χ1v) is 11.9. The first kappa shape index (κ1) is 23.3. The van der Waals surface area contributed by atoms with Gasteiger partial charge in [-0.3, -0.25) is 9.10 Å². The van der Waals surface area contributed by atoms with Crippen molar-refractivity contribution in [2.75, 3.05) is 10.8 Å². The summed E-state index contributed by atoms with van der Waals surface area (Å²) < 4.78 is 28.3. The molecule has 0 bridgehead atoms. The Kier molecular flexibility index (Phi) is 7.72. The highest BCUT2D eigenvalue weighted by Gasteiger charge is 2.27. The fourth-order valence-corrected chi connectivity index (χ4v) is 4.75. The molecule has 0 aliphatic carbocycles. The number of benzene rings is 3. The van der Waals surface area contributed by atoms with Crippen molar-refractivity contribution < 1.29 is 13.2 Å². The second-order valence-corrected chi connectivity index (χ2v) is 9.86. The van der Waals surface area contributed by atoms with E-state index in [1.165, 1.54) is 36.5 Å². The molecule has 0 spiro atoms. The second-order valence-electron chi connectivity index (χ2n) is 6.27. The molecule has 0 unspecified atom stereocenters. The van der Waals surface area contributed by atoms with Gasteiger partial charge in [-0.2, -0.15) is 5.10 Å². The summed E-state index contributed by atoms with van der Waals surface area (Å²) in [6.07, 6.45) is 1.46. The van der Waals surface area contributed by atoms with Crippen LogP contribution in [0.5, 0.6) is 0 Å². The molecule has 0 heterocycles. The van der Waals surface area contributed by atoms with Crippen molar-refractivity contribution in [1.29, 1.82) is 0 Å². The standard InChI is InChI=1S/C21H16BrCl2N3O3S/c22-16-6-4-5-15(11-16)13-25-26-21(28)14-27(17-9-10-19(23)20(24)12-17)31(29,30)18-7-2-1-3-8-18/h1-13H,14H2,(H,26,28)/b25-13-. The van der Waals surface area contributed by atoms with Crippen molar-refractivity contribution in [2.45, 2.75) is 4.90 Å². The van der Waals surface area contributed by atoms with Crippen LogP contribution in [-0.2, 0) is 14.8 Å². The van der Waals surface area contributed by atoms with Crippen LogP contribution in [0.15, 0.2) is 87.3 Å². The molecular weight excluding hydrogens is 525 g/mol. The monoisotopic (exact) mass is 539 g/mol. The van der Waals surface area contributed by atoms with Crippen LogP contribution in [0.2, 0.25) is 10.0 Å². The highest BCUT2D eigenvalue weighted by Crippen LogP contribution is 2.30. The summed E-state index contributed by atoms with van der Waals surface area (Å²) in [4.78, 5) is 12.5. The maximum Gasteiger partial charge on any atom is 0.264 e. The van der Waals surface area contributed by atoms with Crippen molar-refractivity contribution in [3.63, 3.8) is 0 Å². The number of nitrogens with one attached hydrogen (secondary N) is 1. The lowest BCUT2D eigenvalue weighted by Crippen LogP contribution is -2.39. The molecule has 3 aromatic carbocycles. The van der Waals surface area contributed by atoms with Gasteiger partial charge in [0.15, 0.2) is 0 Å². The quantitative estimate of drug-likeness (QED) is 0.334. The van der Waals surface area contributed by atoms with Gasteiger partial charge in [0.1, 0.15) is 6.54 Å². The smallest absolute Gasteiger partial charge is 0.264 e. The van der Waals surface area contributed by atoms with E-state index in [9.17, 15) is 13.2 Å². The summed E-state index contributed by atoms with van der Waals surface area (Å²) >= 11 is 15.4. The molecular formula is C21H16BrCl2N3O3S. The first-order valence-electron chi connectivity index (χ1n) is 8.88. The molecule has 0 radical (unpaired) electrons. The molecule has 0 fully saturated rings. The van der Waals surface area contributed by atoms with Crippen molar-refractivity contribution in [3.05, 3.63) is 92.9 Å². The van der Waals surface area contributed by atoms with Crippen LogP contribution in [0.25, 0.3) is 0 Å². The van der Waals surface area contributed by atoms with Gasteiger partial charge >= 0.3 is 0 Å². The van der Waals surface area contributed by atoms with Crippen LogP contribution < -0.4 is 9.73 Å². The summed E-state index contributed by atoms with van der Waals surface area (Å²) in [6.45, 7) is -0.509. The van der Waals surface area contributed by atoms with Gasteiger partial charge < -0.3 is 0 Å². The van der Waals surface area contributed by atoms with Crippen molar-refractivity contribution >= 4 is 67.0 Å². The molecule has 0 saturated heterocycles. The Labute approximate surface area is 198 Å². The number of nitrogens with zero attached hydrogens (tertiary/aromatic N) is 2. The SMILES string of the molecule is O=C(CN(c1ccc(Cl)c(Cl)c1)S(=O)(=O)c1ccccc1)N/N=C\c1cccc(Br)c1. The summed E-state index contributed by atoms with van der Waals surface area (Å²) in [5.74, 6) is -0.628. The third-order valence-electron chi connectivity index (χ3n) is 4.06. The average Bonchev–Trinajstić information content (AvgIpc) is 2.75. The van der Waals surface area contributed by atoms with E-state index >= 15 is 0 Å². The topological polar surface area (TPSA) is 78.8 Å². The molecule has 10 heteroatoms. The number of sulfonamides is 1. The second kappa shape index (κ2) is 10.3. The molecule has 3 rings (SSSR count). The van der Waals surface area contributed by atoms with E-state index in [4.69, 9.17) is 23.2 Å². The Morgan fingerprint density at radius 3 is 2.42 bits per heavy atom. The van der Waals surface area contributed by atoms with Crippen molar-refractivity contribution in [2.24, 2.45) is 5.10 Å². The summed E-state index contributed by atoms with van der Waals surface area (Å²) in [7, 11) is -4.05.